The van der Waals surface area contributed by atoms with Gasteiger partial charge in [-0.2, -0.15) is 0 Å². The van der Waals surface area contributed by atoms with Gasteiger partial charge in [0.1, 0.15) is 5.82 Å². The Morgan fingerprint density at radius 3 is 2.90 bits per heavy atom. The fraction of sp³-hybridized carbons (Fsp3) is 0.562. The molecule has 0 unspecified atom stereocenters. The maximum atomic E-state index is 5.80. The summed E-state index contributed by atoms with van der Waals surface area (Å²) < 4.78 is 0. The summed E-state index contributed by atoms with van der Waals surface area (Å²) in [7, 11) is 0. The zero-order valence-electron chi connectivity index (χ0n) is 12.2. The number of nitrogens with zero attached hydrogens (tertiary/aromatic N) is 2. The number of hydrogen-bond acceptors (Lipinski definition) is 3. The number of imidazole rings is 1. The lowest BCUT2D eigenvalue weighted by Gasteiger charge is -2.31. The highest BCUT2D eigenvalue weighted by Crippen LogP contribution is 2.23. The van der Waals surface area contributed by atoms with E-state index in [9.17, 15) is 0 Å². The van der Waals surface area contributed by atoms with Gasteiger partial charge in [0.05, 0.1) is 17.6 Å². The van der Waals surface area contributed by atoms with Crippen LogP contribution in [-0.4, -0.2) is 28.0 Å². The highest BCUT2D eigenvalue weighted by atomic mass is 15.2. The number of rotatable bonds is 4. The molecule has 0 amide bonds. The first kappa shape index (κ1) is 13.4. The molecule has 0 radical (unpaired) electrons. The van der Waals surface area contributed by atoms with Crippen LogP contribution in [0.1, 0.15) is 38.4 Å². The molecule has 1 aromatic heterocycles. The van der Waals surface area contributed by atoms with Crippen molar-refractivity contribution in [3.63, 3.8) is 0 Å². The maximum absolute atomic E-state index is 5.80. The fourth-order valence-electron chi connectivity index (χ4n) is 3.21. The molecule has 3 rings (SSSR count). The first-order chi connectivity index (χ1) is 9.74. The van der Waals surface area contributed by atoms with Crippen molar-refractivity contribution in [2.75, 3.05) is 18.8 Å². The van der Waals surface area contributed by atoms with Gasteiger partial charge in [0.15, 0.2) is 0 Å². The summed E-state index contributed by atoms with van der Waals surface area (Å²) in [6.45, 7) is 5.60. The van der Waals surface area contributed by atoms with Crippen molar-refractivity contribution in [2.45, 2.75) is 39.2 Å². The number of H-pyrrole nitrogens is 1. The van der Waals surface area contributed by atoms with Crippen molar-refractivity contribution in [3.8, 4) is 0 Å². The van der Waals surface area contributed by atoms with Gasteiger partial charge >= 0.3 is 0 Å². The summed E-state index contributed by atoms with van der Waals surface area (Å²) in [5, 5.41) is 0. The van der Waals surface area contributed by atoms with E-state index in [1.807, 2.05) is 18.2 Å². The second kappa shape index (κ2) is 5.83. The molecule has 4 nitrogen and oxygen atoms in total. The van der Waals surface area contributed by atoms with Crippen LogP contribution in [0.15, 0.2) is 18.2 Å². The molecule has 20 heavy (non-hydrogen) atoms. The van der Waals surface area contributed by atoms with E-state index < -0.39 is 0 Å². The van der Waals surface area contributed by atoms with Crippen LogP contribution in [0.3, 0.4) is 0 Å². The molecule has 2 aromatic rings. The average Bonchev–Trinajstić information content (AvgIpc) is 2.82. The Bertz CT molecular complexity index is 567. The van der Waals surface area contributed by atoms with E-state index >= 15 is 0 Å². The Morgan fingerprint density at radius 1 is 1.35 bits per heavy atom. The minimum absolute atomic E-state index is 0.785. The number of aromatic amines is 1. The third-order valence-electron chi connectivity index (χ3n) is 4.33. The largest absolute Gasteiger partial charge is 0.399 e. The van der Waals surface area contributed by atoms with E-state index in [1.165, 1.54) is 38.8 Å². The SMILES string of the molecule is CCCC1CCN(Cc2nc3ccc(N)cc3[nH]2)CC1. The van der Waals surface area contributed by atoms with E-state index in [1.54, 1.807) is 0 Å². The molecule has 1 aliphatic heterocycles. The van der Waals surface area contributed by atoms with Gasteiger partial charge in [0.2, 0.25) is 0 Å². The Morgan fingerprint density at radius 2 is 2.15 bits per heavy atom. The standard InChI is InChI=1S/C16H24N4/c1-2-3-12-6-8-20(9-7-12)11-16-18-14-5-4-13(17)10-15(14)19-16/h4-5,10,12H,2-3,6-9,11,17H2,1H3,(H,18,19). The number of nitrogens with one attached hydrogen (secondary N) is 1. The summed E-state index contributed by atoms with van der Waals surface area (Å²) in [5.74, 6) is 1.99. The van der Waals surface area contributed by atoms with Gasteiger partial charge in [-0.1, -0.05) is 19.8 Å². The van der Waals surface area contributed by atoms with Crippen molar-refractivity contribution < 1.29 is 0 Å². The lowest BCUT2D eigenvalue weighted by molar-refractivity contribution is 0.169. The van der Waals surface area contributed by atoms with E-state index in [0.717, 1.165) is 35.0 Å². The summed E-state index contributed by atoms with van der Waals surface area (Å²) in [6, 6.07) is 5.85. The number of piperidine rings is 1. The minimum Gasteiger partial charge on any atom is -0.399 e. The first-order valence-electron chi connectivity index (χ1n) is 7.71. The second-order valence-electron chi connectivity index (χ2n) is 5.97. The van der Waals surface area contributed by atoms with E-state index in [-0.39, 0.29) is 0 Å². The van der Waals surface area contributed by atoms with Crippen LogP contribution in [0.5, 0.6) is 0 Å². The molecule has 1 fully saturated rings. The molecular weight excluding hydrogens is 248 g/mol. The normalized spacial score (nSPS) is 17.9. The molecule has 1 saturated heterocycles. The quantitative estimate of drug-likeness (QED) is 0.841. The Labute approximate surface area is 120 Å². The smallest absolute Gasteiger partial charge is 0.121 e. The molecule has 0 aliphatic carbocycles. The van der Waals surface area contributed by atoms with Crippen molar-refractivity contribution in [1.82, 2.24) is 14.9 Å². The number of benzene rings is 1. The minimum atomic E-state index is 0.785. The predicted octanol–water partition coefficient (Wildman–Crippen LogP) is 3.16. The zero-order chi connectivity index (χ0) is 13.9. The van der Waals surface area contributed by atoms with Crippen LogP contribution in [0.25, 0.3) is 11.0 Å². The van der Waals surface area contributed by atoms with Crippen LogP contribution in [0.2, 0.25) is 0 Å². The van der Waals surface area contributed by atoms with Crippen LogP contribution < -0.4 is 5.73 Å². The Kier molecular flexibility index (Phi) is 3.92. The second-order valence-corrected chi connectivity index (χ2v) is 5.97. The Hall–Kier alpha value is -1.55. The van der Waals surface area contributed by atoms with Crippen molar-refractivity contribution >= 4 is 16.7 Å². The molecule has 0 atom stereocenters. The molecule has 4 heteroatoms. The molecule has 0 saturated carbocycles. The lowest BCUT2D eigenvalue weighted by Crippen LogP contribution is -2.33. The summed E-state index contributed by atoms with van der Waals surface area (Å²) >= 11 is 0. The molecule has 1 aliphatic rings. The van der Waals surface area contributed by atoms with E-state index in [2.05, 4.69) is 21.8 Å². The van der Waals surface area contributed by atoms with Gasteiger partial charge in [-0.25, -0.2) is 4.98 Å². The highest BCUT2D eigenvalue weighted by Gasteiger charge is 2.19. The molecule has 108 valence electrons. The summed E-state index contributed by atoms with van der Waals surface area (Å²) in [5.41, 5.74) is 8.64. The van der Waals surface area contributed by atoms with Gasteiger partial charge in [-0.15, -0.1) is 0 Å². The third-order valence-corrected chi connectivity index (χ3v) is 4.33. The van der Waals surface area contributed by atoms with Crippen LogP contribution in [-0.2, 0) is 6.54 Å². The zero-order valence-corrected chi connectivity index (χ0v) is 12.2. The molecule has 0 bridgehead atoms. The van der Waals surface area contributed by atoms with Gasteiger partial charge in [0.25, 0.3) is 0 Å². The summed E-state index contributed by atoms with van der Waals surface area (Å²) in [4.78, 5) is 10.5. The van der Waals surface area contributed by atoms with Crippen molar-refractivity contribution in [2.24, 2.45) is 5.92 Å². The third kappa shape index (κ3) is 2.96. The number of likely N-dealkylation sites (tertiary alicyclic amines) is 1. The highest BCUT2D eigenvalue weighted by molar-refractivity contribution is 5.78. The number of nitrogen functional groups attached to an aromatic ring is 1. The predicted molar refractivity (Wildman–Crippen MR) is 83.4 cm³/mol. The topological polar surface area (TPSA) is 57.9 Å². The molecule has 3 N–H and O–H groups in total. The van der Waals surface area contributed by atoms with Crippen LogP contribution in [0.4, 0.5) is 5.69 Å². The molecule has 1 aromatic carbocycles. The van der Waals surface area contributed by atoms with Gasteiger partial charge < -0.3 is 10.7 Å². The monoisotopic (exact) mass is 272 g/mol. The molecule has 2 heterocycles. The maximum Gasteiger partial charge on any atom is 0.121 e. The summed E-state index contributed by atoms with van der Waals surface area (Å²) in [6.07, 6.45) is 5.37. The first-order valence-corrected chi connectivity index (χ1v) is 7.71. The number of hydrogen-bond donors (Lipinski definition) is 2. The van der Waals surface area contributed by atoms with Crippen LogP contribution >= 0.6 is 0 Å². The number of fused-ring (bicyclic) bond motifs is 1. The fourth-order valence-corrected chi connectivity index (χ4v) is 3.21. The number of aromatic nitrogens is 2. The van der Waals surface area contributed by atoms with Gasteiger partial charge in [0, 0.05) is 5.69 Å². The average molecular weight is 272 g/mol. The van der Waals surface area contributed by atoms with Crippen molar-refractivity contribution in [3.05, 3.63) is 24.0 Å². The Balaban J connectivity index is 1.62. The van der Waals surface area contributed by atoms with Crippen molar-refractivity contribution in [1.29, 1.82) is 0 Å². The number of anilines is 1. The van der Waals surface area contributed by atoms with Crippen LogP contribution in [0, 0.1) is 5.92 Å². The lowest BCUT2D eigenvalue weighted by atomic mass is 9.92. The van der Waals surface area contributed by atoms with Gasteiger partial charge in [-0.3, -0.25) is 4.90 Å². The molecule has 0 spiro atoms. The van der Waals surface area contributed by atoms with E-state index in [4.69, 9.17) is 5.73 Å². The molecular formula is C16H24N4. The van der Waals surface area contributed by atoms with Gasteiger partial charge in [-0.05, 0) is 50.0 Å². The number of nitrogens with two attached hydrogens (primary N) is 1. The van der Waals surface area contributed by atoms with E-state index in [0.29, 0.717) is 0 Å².